The molecule has 1 aliphatic rings. The van der Waals surface area contributed by atoms with Crippen molar-refractivity contribution >= 4 is 22.0 Å². The van der Waals surface area contributed by atoms with Crippen molar-refractivity contribution in [1.82, 2.24) is 4.90 Å². The average Bonchev–Trinajstić information content (AvgIpc) is 2.37. The van der Waals surface area contributed by atoms with Gasteiger partial charge in [-0.1, -0.05) is 34.1 Å². The van der Waals surface area contributed by atoms with Gasteiger partial charge in [0.1, 0.15) is 5.60 Å². The zero-order valence-corrected chi connectivity index (χ0v) is 13.9. The first-order valence-corrected chi connectivity index (χ1v) is 7.88. The second-order valence-corrected chi connectivity index (χ2v) is 7.12. The van der Waals surface area contributed by atoms with Gasteiger partial charge in [0.25, 0.3) is 0 Å². The molecule has 2 rings (SSSR count). The van der Waals surface area contributed by atoms with Crippen LogP contribution in [0.15, 0.2) is 28.7 Å². The average molecular weight is 340 g/mol. The summed E-state index contributed by atoms with van der Waals surface area (Å²) in [5.74, 6) is 0.518. The lowest BCUT2D eigenvalue weighted by molar-refractivity contribution is 0.0204. The molecule has 0 bridgehead atoms. The summed E-state index contributed by atoms with van der Waals surface area (Å²) in [4.78, 5) is 13.8. The molecule has 20 heavy (non-hydrogen) atoms. The van der Waals surface area contributed by atoms with Gasteiger partial charge in [-0.2, -0.15) is 0 Å². The summed E-state index contributed by atoms with van der Waals surface area (Å²) in [6.45, 7) is 7.23. The van der Waals surface area contributed by atoms with Gasteiger partial charge in [0.2, 0.25) is 0 Å². The Balaban J connectivity index is 1.93. The highest BCUT2D eigenvalue weighted by molar-refractivity contribution is 9.10. The van der Waals surface area contributed by atoms with Crippen molar-refractivity contribution in [3.8, 4) is 0 Å². The van der Waals surface area contributed by atoms with E-state index < -0.39 is 5.60 Å². The number of ether oxygens (including phenoxy) is 1. The number of nitrogens with zero attached hydrogens (tertiary/aromatic N) is 1. The fourth-order valence-electron chi connectivity index (χ4n) is 2.51. The van der Waals surface area contributed by atoms with Crippen molar-refractivity contribution in [2.45, 2.75) is 45.1 Å². The molecule has 0 spiro atoms. The fraction of sp³-hybridized carbons (Fsp3) is 0.562. The zero-order valence-electron chi connectivity index (χ0n) is 12.4. The summed E-state index contributed by atoms with van der Waals surface area (Å²) >= 11 is 3.61. The minimum Gasteiger partial charge on any atom is -0.444 e. The molecule has 1 aromatic carbocycles. The molecule has 110 valence electrons. The Labute approximate surface area is 129 Å². The number of benzene rings is 1. The normalized spacial score (nSPS) is 17.1. The summed E-state index contributed by atoms with van der Waals surface area (Å²) in [6.07, 6.45) is 1.78. The molecule has 1 saturated heterocycles. The predicted octanol–water partition coefficient (Wildman–Crippen LogP) is 4.56. The third-order valence-corrected chi connectivity index (χ3v) is 4.21. The summed E-state index contributed by atoms with van der Waals surface area (Å²) in [5.41, 5.74) is 0.924. The van der Waals surface area contributed by atoms with E-state index in [0.717, 1.165) is 30.4 Å². The number of halogens is 1. The monoisotopic (exact) mass is 339 g/mol. The molecule has 1 aromatic rings. The Kier molecular flexibility index (Phi) is 4.74. The van der Waals surface area contributed by atoms with Crippen molar-refractivity contribution < 1.29 is 9.53 Å². The van der Waals surface area contributed by atoms with Crippen molar-refractivity contribution in [1.29, 1.82) is 0 Å². The van der Waals surface area contributed by atoms with E-state index in [0.29, 0.717) is 5.92 Å². The molecule has 3 nitrogen and oxygen atoms in total. The van der Waals surface area contributed by atoms with Gasteiger partial charge in [0, 0.05) is 17.6 Å². The standard InChI is InChI=1S/C16H22BrNO2/c1-16(2,3)20-15(19)18-10-8-12(9-11-18)13-6-4-5-7-14(13)17/h4-7,12H,8-11H2,1-3H3. The molecule has 1 heterocycles. The van der Waals surface area contributed by atoms with Crippen LogP contribution in [0.25, 0.3) is 0 Å². The lowest BCUT2D eigenvalue weighted by Gasteiger charge is -2.33. The number of carbonyl (C=O) groups excluding carboxylic acids is 1. The molecule has 0 N–H and O–H groups in total. The van der Waals surface area contributed by atoms with Crippen molar-refractivity contribution in [3.63, 3.8) is 0 Å². The van der Waals surface area contributed by atoms with Crippen LogP contribution >= 0.6 is 15.9 Å². The van der Waals surface area contributed by atoms with E-state index in [9.17, 15) is 4.79 Å². The van der Waals surface area contributed by atoms with Crippen molar-refractivity contribution in [2.24, 2.45) is 0 Å². The van der Waals surface area contributed by atoms with E-state index in [1.165, 1.54) is 5.56 Å². The van der Waals surface area contributed by atoms with Crippen LogP contribution in [0.5, 0.6) is 0 Å². The SMILES string of the molecule is CC(C)(C)OC(=O)N1CCC(c2ccccc2Br)CC1. The summed E-state index contributed by atoms with van der Waals surface area (Å²) < 4.78 is 6.58. The van der Waals surface area contributed by atoms with Gasteiger partial charge in [0.15, 0.2) is 0 Å². The number of likely N-dealkylation sites (tertiary alicyclic amines) is 1. The lowest BCUT2D eigenvalue weighted by atomic mass is 9.90. The van der Waals surface area contributed by atoms with Crippen molar-refractivity contribution in [2.75, 3.05) is 13.1 Å². The molecule has 0 unspecified atom stereocenters. The summed E-state index contributed by atoms with van der Waals surface area (Å²) in [7, 11) is 0. The third kappa shape index (κ3) is 3.98. The van der Waals surface area contributed by atoms with Crippen LogP contribution in [0.2, 0.25) is 0 Å². The Morgan fingerprint density at radius 3 is 2.40 bits per heavy atom. The molecular formula is C16H22BrNO2. The largest absolute Gasteiger partial charge is 0.444 e. The third-order valence-electron chi connectivity index (χ3n) is 3.49. The summed E-state index contributed by atoms with van der Waals surface area (Å²) in [6, 6.07) is 8.34. The van der Waals surface area contributed by atoms with Crippen LogP contribution in [0.4, 0.5) is 4.79 Å². The molecule has 1 fully saturated rings. The summed E-state index contributed by atoms with van der Waals surface area (Å²) in [5, 5.41) is 0. The second kappa shape index (κ2) is 6.17. The lowest BCUT2D eigenvalue weighted by Crippen LogP contribution is -2.41. The first kappa shape index (κ1) is 15.4. The Morgan fingerprint density at radius 2 is 1.85 bits per heavy atom. The minimum absolute atomic E-state index is 0.192. The van der Waals surface area contributed by atoms with Gasteiger partial charge in [-0.15, -0.1) is 0 Å². The molecule has 0 aromatic heterocycles. The highest BCUT2D eigenvalue weighted by Gasteiger charge is 2.27. The first-order chi connectivity index (χ1) is 9.37. The Hall–Kier alpha value is -1.03. The smallest absolute Gasteiger partial charge is 0.410 e. The van der Waals surface area contributed by atoms with Gasteiger partial charge in [-0.3, -0.25) is 0 Å². The van der Waals surface area contributed by atoms with Crippen LogP contribution in [-0.4, -0.2) is 29.7 Å². The molecule has 1 aliphatic heterocycles. The van der Waals surface area contributed by atoms with Crippen LogP contribution in [0.1, 0.15) is 45.1 Å². The molecule has 4 heteroatoms. The van der Waals surface area contributed by atoms with Crippen LogP contribution in [0, 0.1) is 0 Å². The maximum atomic E-state index is 12.0. The maximum absolute atomic E-state index is 12.0. The fourth-order valence-corrected chi connectivity index (χ4v) is 3.11. The van der Waals surface area contributed by atoms with E-state index >= 15 is 0 Å². The Bertz CT molecular complexity index is 474. The van der Waals surface area contributed by atoms with Crippen LogP contribution in [-0.2, 0) is 4.74 Å². The van der Waals surface area contributed by atoms with E-state index in [1.54, 1.807) is 0 Å². The molecular weight excluding hydrogens is 318 g/mol. The zero-order chi connectivity index (χ0) is 14.8. The number of hydrogen-bond acceptors (Lipinski definition) is 2. The predicted molar refractivity (Wildman–Crippen MR) is 83.9 cm³/mol. The molecule has 0 radical (unpaired) electrons. The quantitative estimate of drug-likeness (QED) is 0.750. The molecule has 0 atom stereocenters. The van der Waals surface area contributed by atoms with Gasteiger partial charge in [-0.25, -0.2) is 4.79 Å². The minimum atomic E-state index is -0.420. The van der Waals surface area contributed by atoms with Gasteiger partial charge in [-0.05, 0) is 51.2 Å². The number of carbonyl (C=O) groups is 1. The number of amides is 1. The van der Waals surface area contributed by atoms with Gasteiger partial charge >= 0.3 is 6.09 Å². The van der Waals surface area contributed by atoms with E-state index in [4.69, 9.17) is 4.74 Å². The van der Waals surface area contributed by atoms with Crippen molar-refractivity contribution in [3.05, 3.63) is 34.3 Å². The topological polar surface area (TPSA) is 29.5 Å². The molecule has 0 aliphatic carbocycles. The molecule has 1 amide bonds. The van der Waals surface area contributed by atoms with E-state index in [1.807, 2.05) is 31.7 Å². The second-order valence-electron chi connectivity index (χ2n) is 6.26. The highest BCUT2D eigenvalue weighted by atomic mass is 79.9. The van der Waals surface area contributed by atoms with E-state index in [-0.39, 0.29) is 6.09 Å². The molecule has 0 saturated carbocycles. The van der Waals surface area contributed by atoms with Crippen LogP contribution < -0.4 is 0 Å². The number of rotatable bonds is 1. The Morgan fingerprint density at radius 1 is 1.25 bits per heavy atom. The van der Waals surface area contributed by atoms with Crippen LogP contribution in [0.3, 0.4) is 0 Å². The maximum Gasteiger partial charge on any atom is 0.410 e. The number of hydrogen-bond donors (Lipinski definition) is 0. The van der Waals surface area contributed by atoms with E-state index in [2.05, 4.69) is 34.1 Å². The van der Waals surface area contributed by atoms with Gasteiger partial charge < -0.3 is 9.64 Å². The first-order valence-electron chi connectivity index (χ1n) is 7.09. The van der Waals surface area contributed by atoms with Gasteiger partial charge in [0.05, 0.1) is 0 Å². The highest BCUT2D eigenvalue weighted by Crippen LogP contribution is 2.33. The number of piperidine rings is 1.